The van der Waals surface area contributed by atoms with Gasteiger partial charge in [-0.15, -0.1) is 0 Å². The van der Waals surface area contributed by atoms with Crippen molar-refractivity contribution in [3.8, 4) is 0 Å². The number of imidazole rings is 1. The summed E-state index contributed by atoms with van der Waals surface area (Å²) in [4.78, 5) is 19.1. The second-order valence-electron chi connectivity index (χ2n) is 6.39. The summed E-state index contributed by atoms with van der Waals surface area (Å²) in [5, 5.41) is 0. The summed E-state index contributed by atoms with van der Waals surface area (Å²) in [7, 11) is 3.49. The van der Waals surface area contributed by atoms with Crippen molar-refractivity contribution < 1.29 is 13.9 Å². The van der Waals surface area contributed by atoms with E-state index in [0.717, 1.165) is 11.0 Å². The lowest BCUT2D eigenvalue weighted by molar-refractivity contribution is 0.0539. The van der Waals surface area contributed by atoms with E-state index in [0.29, 0.717) is 17.7 Å². The number of carbonyl (C=O) groups excluding carboxylic acids is 1. The lowest BCUT2D eigenvalue weighted by atomic mass is 10.1. The highest BCUT2D eigenvalue weighted by molar-refractivity contribution is 5.97. The molecule has 0 aliphatic rings. The van der Waals surface area contributed by atoms with Crippen LogP contribution in [0.25, 0.3) is 11.0 Å². The molecule has 1 atom stereocenters. The molecule has 3 rings (SSSR count). The molecule has 5 nitrogen and oxygen atoms in total. The number of hydrogen-bond acceptors (Lipinski definition) is 3. The Kier molecular flexibility index (Phi) is 5.32. The Balaban J connectivity index is 1.93. The highest BCUT2D eigenvalue weighted by Gasteiger charge is 2.23. The molecule has 1 amide bonds. The Hall–Kier alpha value is -2.73. The van der Waals surface area contributed by atoms with E-state index in [9.17, 15) is 9.18 Å². The minimum atomic E-state index is -0.324. The highest BCUT2D eigenvalue weighted by Crippen LogP contribution is 2.19. The molecule has 0 saturated carbocycles. The van der Waals surface area contributed by atoms with Crippen LogP contribution in [0.1, 0.15) is 22.8 Å². The van der Waals surface area contributed by atoms with Crippen molar-refractivity contribution in [3.63, 3.8) is 0 Å². The van der Waals surface area contributed by atoms with E-state index in [4.69, 9.17) is 4.74 Å². The minimum Gasteiger partial charge on any atom is -0.383 e. The van der Waals surface area contributed by atoms with Crippen LogP contribution in [0.3, 0.4) is 0 Å². The van der Waals surface area contributed by atoms with Gasteiger partial charge in [-0.3, -0.25) is 4.79 Å². The molecule has 0 radical (unpaired) electrons. The van der Waals surface area contributed by atoms with E-state index >= 15 is 0 Å². The van der Waals surface area contributed by atoms with Gasteiger partial charge in [0.2, 0.25) is 0 Å². The maximum Gasteiger partial charge on any atom is 0.254 e. The Morgan fingerprint density at radius 3 is 2.81 bits per heavy atom. The molecule has 6 heteroatoms. The van der Waals surface area contributed by atoms with Crippen molar-refractivity contribution in [3.05, 3.63) is 65.7 Å². The van der Waals surface area contributed by atoms with Crippen LogP contribution in [0.15, 0.2) is 48.8 Å². The van der Waals surface area contributed by atoms with Gasteiger partial charge < -0.3 is 14.2 Å². The standard InChI is InChI=1S/C20H22FN3O2/c1-14(12-26-3)24(11-16-6-4-5-7-17(16)21)20(25)15-8-9-19-18(10-15)22-13-23(19)2/h4-10,13-14H,11-12H2,1-3H3. The van der Waals surface area contributed by atoms with Crippen molar-refractivity contribution in [2.75, 3.05) is 13.7 Å². The number of ether oxygens (including phenoxy) is 1. The van der Waals surface area contributed by atoms with E-state index < -0.39 is 0 Å². The number of halogens is 1. The van der Waals surface area contributed by atoms with Gasteiger partial charge >= 0.3 is 0 Å². The Morgan fingerprint density at radius 2 is 2.08 bits per heavy atom. The maximum atomic E-state index is 14.1. The fourth-order valence-corrected chi connectivity index (χ4v) is 3.00. The molecule has 1 heterocycles. The normalized spacial score (nSPS) is 12.3. The number of benzene rings is 2. The first-order valence-corrected chi connectivity index (χ1v) is 8.45. The van der Waals surface area contributed by atoms with Gasteiger partial charge in [-0.05, 0) is 31.2 Å². The molecule has 26 heavy (non-hydrogen) atoms. The zero-order valence-corrected chi connectivity index (χ0v) is 15.1. The van der Waals surface area contributed by atoms with E-state index in [1.807, 2.05) is 24.6 Å². The van der Waals surface area contributed by atoms with Gasteiger partial charge in [0.15, 0.2) is 0 Å². The summed E-state index contributed by atoms with van der Waals surface area (Å²) >= 11 is 0. The van der Waals surface area contributed by atoms with Crippen molar-refractivity contribution in [1.29, 1.82) is 0 Å². The molecule has 1 aromatic heterocycles. The first kappa shape index (κ1) is 18.1. The molecule has 2 aromatic carbocycles. The summed E-state index contributed by atoms with van der Waals surface area (Å²) < 4.78 is 21.2. The number of rotatable bonds is 6. The molecule has 0 fully saturated rings. The molecular formula is C20H22FN3O2. The second-order valence-corrected chi connectivity index (χ2v) is 6.39. The largest absolute Gasteiger partial charge is 0.383 e. The minimum absolute atomic E-state index is 0.176. The molecule has 0 spiro atoms. The molecule has 1 unspecified atom stereocenters. The summed E-state index contributed by atoms with van der Waals surface area (Å²) in [6.45, 7) is 2.43. The van der Waals surface area contributed by atoms with Crippen LogP contribution in [0.5, 0.6) is 0 Å². The molecule has 0 aliphatic carbocycles. The van der Waals surface area contributed by atoms with Crippen LogP contribution in [0.2, 0.25) is 0 Å². The van der Waals surface area contributed by atoms with Gasteiger partial charge in [0.05, 0.1) is 30.0 Å². The van der Waals surface area contributed by atoms with Crippen LogP contribution in [0, 0.1) is 5.82 Å². The number of fused-ring (bicyclic) bond motifs is 1. The van der Waals surface area contributed by atoms with Gasteiger partial charge in [0.1, 0.15) is 5.82 Å². The summed E-state index contributed by atoms with van der Waals surface area (Å²) in [6.07, 6.45) is 1.71. The zero-order valence-electron chi connectivity index (χ0n) is 15.1. The van der Waals surface area contributed by atoms with Gasteiger partial charge in [0.25, 0.3) is 5.91 Å². The average Bonchev–Trinajstić information content (AvgIpc) is 3.01. The number of amides is 1. The first-order valence-electron chi connectivity index (χ1n) is 8.45. The first-order chi connectivity index (χ1) is 12.5. The molecule has 0 bridgehead atoms. The number of hydrogen-bond donors (Lipinski definition) is 0. The molecule has 3 aromatic rings. The molecular weight excluding hydrogens is 333 g/mol. The third kappa shape index (κ3) is 3.60. The van der Waals surface area contributed by atoms with Crippen molar-refractivity contribution in [2.45, 2.75) is 19.5 Å². The van der Waals surface area contributed by atoms with Crippen LogP contribution >= 0.6 is 0 Å². The second kappa shape index (κ2) is 7.66. The van der Waals surface area contributed by atoms with Gasteiger partial charge in [-0.25, -0.2) is 9.37 Å². The Labute approximate surface area is 152 Å². The number of nitrogens with zero attached hydrogens (tertiary/aromatic N) is 3. The predicted octanol–water partition coefficient (Wildman–Crippen LogP) is 3.39. The molecule has 0 saturated heterocycles. The summed E-state index contributed by atoms with van der Waals surface area (Å²) in [6, 6.07) is 11.7. The molecule has 136 valence electrons. The number of aromatic nitrogens is 2. The average molecular weight is 355 g/mol. The summed E-state index contributed by atoms with van der Waals surface area (Å²) in [5.41, 5.74) is 2.70. The van der Waals surface area contributed by atoms with Crippen LogP contribution in [0.4, 0.5) is 4.39 Å². The highest BCUT2D eigenvalue weighted by atomic mass is 19.1. The van der Waals surface area contributed by atoms with E-state index in [-0.39, 0.29) is 24.3 Å². The van der Waals surface area contributed by atoms with Crippen LogP contribution in [-0.4, -0.2) is 40.1 Å². The SMILES string of the molecule is COCC(C)N(Cc1ccccc1F)C(=O)c1ccc2c(c1)ncn2C. The van der Waals surface area contributed by atoms with E-state index in [1.165, 1.54) is 6.07 Å². The van der Waals surface area contributed by atoms with Crippen molar-refractivity contribution >= 4 is 16.9 Å². The van der Waals surface area contributed by atoms with E-state index in [1.54, 1.807) is 48.7 Å². The fraction of sp³-hybridized carbons (Fsp3) is 0.300. The maximum absolute atomic E-state index is 14.1. The van der Waals surface area contributed by atoms with Crippen LogP contribution in [-0.2, 0) is 18.3 Å². The zero-order chi connectivity index (χ0) is 18.7. The number of carbonyl (C=O) groups is 1. The third-order valence-corrected chi connectivity index (χ3v) is 4.47. The predicted molar refractivity (Wildman–Crippen MR) is 98.3 cm³/mol. The van der Waals surface area contributed by atoms with E-state index in [2.05, 4.69) is 4.98 Å². The van der Waals surface area contributed by atoms with Gasteiger partial charge in [-0.1, -0.05) is 18.2 Å². The monoisotopic (exact) mass is 355 g/mol. The topological polar surface area (TPSA) is 47.4 Å². The Bertz CT molecular complexity index is 922. The number of aryl methyl sites for hydroxylation is 1. The van der Waals surface area contributed by atoms with Gasteiger partial charge in [-0.2, -0.15) is 0 Å². The third-order valence-electron chi connectivity index (χ3n) is 4.47. The van der Waals surface area contributed by atoms with Crippen molar-refractivity contribution in [1.82, 2.24) is 14.5 Å². The molecule has 0 N–H and O–H groups in total. The summed E-state index contributed by atoms with van der Waals surface area (Å²) in [5.74, 6) is -0.500. The van der Waals surface area contributed by atoms with Crippen LogP contribution < -0.4 is 0 Å². The lowest BCUT2D eigenvalue weighted by Gasteiger charge is -2.29. The van der Waals surface area contributed by atoms with Crippen molar-refractivity contribution in [2.24, 2.45) is 7.05 Å². The number of methoxy groups -OCH3 is 1. The fourth-order valence-electron chi connectivity index (χ4n) is 3.00. The quantitative estimate of drug-likeness (QED) is 0.681. The Morgan fingerprint density at radius 1 is 1.31 bits per heavy atom. The van der Waals surface area contributed by atoms with Gasteiger partial charge in [0, 0.05) is 31.8 Å². The lowest BCUT2D eigenvalue weighted by Crippen LogP contribution is -2.40. The smallest absolute Gasteiger partial charge is 0.254 e. The molecule has 0 aliphatic heterocycles.